The Balaban J connectivity index is 1.98. The lowest BCUT2D eigenvalue weighted by molar-refractivity contribution is 0.0994. The molecule has 2 rings (SSSR count). The summed E-state index contributed by atoms with van der Waals surface area (Å²) in [5.74, 6) is 0. The lowest BCUT2D eigenvalue weighted by atomic mass is 9.85. The van der Waals surface area contributed by atoms with Crippen LogP contribution < -0.4 is 5.32 Å². The van der Waals surface area contributed by atoms with E-state index in [9.17, 15) is 0 Å². The number of rotatable bonds is 6. The maximum absolute atomic E-state index is 5.73. The molecule has 1 N–H and O–H groups in total. The van der Waals surface area contributed by atoms with Crippen LogP contribution in [0.1, 0.15) is 45.0 Å². The van der Waals surface area contributed by atoms with Crippen molar-refractivity contribution in [3.63, 3.8) is 0 Å². The highest BCUT2D eigenvalue weighted by molar-refractivity contribution is 7.10. The summed E-state index contributed by atoms with van der Waals surface area (Å²) >= 11 is 1.85. The first-order chi connectivity index (χ1) is 9.81. The van der Waals surface area contributed by atoms with Crippen molar-refractivity contribution >= 4 is 11.3 Å². The third-order valence-electron chi connectivity index (χ3n) is 4.38. The fourth-order valence-corrected chi connectivity index (χ4v) is 3.68. The van der Waals surface area contributed by atoms with Gasteiger partial charge in [0.2, 0.25) is 0 Å². The molecule has 0 bridgehead atoms. The molecule has 1 aromatic heterocycles. The normalized spacial score (nSPS) is 24.7. The maximum Gasteiger partial charge on any atom is 0.0547 e. The molecule has 4 heteroatoms. The Bertz CT molecular complexity index is 418. The molecule has 2 atom stereocenters. The Morgan fingerprint density at radius 3 is 2.76 bits per heavy atom. The zero-order chi connectivity index (χ0) is 15.5. The lowest BCUT2D eigenvalue weighted by Crippen LogP contribution is -2.49. The minimum absolute atomic E-state index is 0.160. The highest BCUT2D eigenvalue weighted by Gasteiger charge is 2.37. The summed E-state index contributed by atoms with van der Waals surface area (Å²) in [4.78, 5) is 3.92. The first kappa shape index (κ1) is 16.9. The van der Waals surface area contributed by atoms with Crippen molar-refractivity contribution in [2.45, 2.75) is 45.7 Å². The van der Waals surface area contributed by atoms with Gasteiger partial charge in [0.1, 0.15) is 0 Å². The molecule has 3 nitrogen and oxygen atoms in total. The van der Waals surface area contributed by atoms with Crippen LogP contribution in [0.25, 0.3) is 0 Å². The molecule has 2 heterocycles. The van der Waals surface area contributed by atoms with E-state index in [2.05, 4.69) is 62.5 Å². The Morgan fingerprint density at radius 1 is 1.48 bits per heavy atom. The van der Waals surface area contributed by atoms with Crippen LogP contribution in [0.2, 0.25) is 0 Å². The monoisotopic (exact) mass is 310 g/mol. The largest absolute Gasteiger partial charge is 0.381 e. The van der Waals surface area contributed by atoms with E-state index in [1.807, 2.05) is 11.3 Å². The SMILES string of the molecule is CC(c1cccs1)N(C)CC1(CNC(C)(C)C)CCOC1. The molecular formula is C17H30N2OS. The minimum atomic E-state index is 0.160. The molecule has 1 fully saturated rings. The van der Waals surface area contributed by atoms with E-state index in [1.54, 1.807) is 0 Å². The zero-order valence-corrected chi connectivity index (χ0v) is 14.9. The van der Waals surface area contributed by atoms with Gasteiger partial charge in [-0.2, -0.15) is 0 Å². The fourth-order valence-electron chi connectivity index (χ4n) is 2.83. The van der Waals surface area contributed by atoms with Crippen molar-refractivity contribution < 1.29 is 4.74 Å². The number of hydrogen-bond donors (Lipinski definition) is 1. The molecule has 120 valence electrons. The Labute approximate surface area is 133 Å². The summed E-state index contributed by atoms with van der Waals surface area (Å²) in [5, 5.41) is 5.84. The Kier molecular flexibility index (Phi) is 5.47. The maximum atomic E-state index is 5.73. The van der Waals surface area contributed by atoms with Crippen molar-refractivity contribution in [3.05, 3.63) is 22.4 Å². The van der Waals surface area contributed by atoms with Gasteiger partial charge in [-0.1, -0.05) is 6.07 Å². The number of hydrogen-bond acceptors (Lipinski definition) is 4. The predicted octanol–water partition coefficient (Wildman–Crippen LogP) is 3.54. The molecule has 0 amide bonds. The lowest BCUT2D eigenvalue weighted by Gasteiger charge is -2.37. The summed E-state index contributed by atoms with van der Waals surface area (Å²) in [6.07, 6.45) is 1.15. The van der Waals surface area contributed by atoms with Gasteiger partial charge in [0.25, 0.3) is 0 Å². The second kappa shape index (κ2) is 6.78. The average Bonchev–Trinajstić information content (AvgIpc) is 3.06. The summed E-state index contributed by atoms with van der Waals surface area (Å²) in [5.41, 5.74) is 0.404. The van der Waals surface area contributed by atoms with E-state index in [4.69, 9.17) is 4.74 Å². The molecule has 0 radical (unpaired) electrons. The van der Waals surface area contributed by atoms with E-state index in [0.29, 0.717) is 6.04 Å². The molecule has 0 spiro atoms. The fraction of sp³-hybridized carbons (Fsp3) is 0.765. The van der Waals surface area contributed by atoms with Gasteiger partial charge >= 0.3 is 0 Å². The van der Waals surface area contributed by atoms with Crippen molar-refractivity contribution in [1.82, 2.24) is 10.2 Å². The summed E-state index contributed by atoms with van der Waals surface area (Å²) in [6.45, 7) is 12.9. The van der Waals surface area contributed by atoms with Gasteiger partial charge in [0.05, 0.1) is 6.61 Å². The third kappa shape index (κ3) is 4.78. The van der Waals surface area contributed by atoms with Crippen LogP contribution >= 0.6 is 11.3 Å². The van der Waals surface area contributed by atoms with Gasteiger partial charge in [-0.15, -0.1) is 11.3 Å². The first-order valence-electron chi connectivity index (χ1n) is 7.88. The second-order valence-corrected chi connectivity index (χ2v) is 8.49. The Hall–Kier alpha value is -0.420. The standard InChI is InChI=1S/C17H30N2OS/c1-14(15-7-6-10-21-15)19(5)12-17(8-9-20-13-17)11-18-16(2,3)4/h6-7,10,14,18H,8-9,11-13H2,1-5H3. The van der Waals surface area contributed by atoms with Crippen LogP contribution in [0.3, 0.4) is 0 Å². The van der Waals surface area contributed by atoms with Crippen LogP contribution in [0.15, 0.2) is 17.5 Å². The number of nitrogens with one attached hydrogen (secondary N) is 1. The molecule has 1 saturated heterocycles. The number of ether oxygens (including phenoxy) is 1. The van der Waals surface area contributed by atoms with Gasteiger partial charge in [-0.05, 0) is 52.6 Å². The zero-order valence-electron chi connectivity index (χ0n) is 14.1. The quantitative estimate of drug-likeness (QED) is 0.870. The predicted molar refractivity (Wildman–Crippen MR) is 91.0 cm³/mol. The van der Waals surface area contributed by atoms with Gasteiger partial charge < -0.3 is 10.1 Å². The molecular weight excluding hydrogens is 280 g/mol. The van der Waals surface area contributed by atoms with Gasteiger partial charge in [0, 0.05) is 41.6 Å². The average molecular weight is 311 g/mol. The van der Waals surface area contributed by atoms with Crippen LogP contribution in [-0.2, 0) is 4.74 Å². The first-order valence-corrected chi connectivity index (χ1v) is 8.76. The van der Waals surface area contributed by atoms with Crippen molar-refractivity contribution in [2.24, 2.45) is 5.41 Å². The molecule has 21 heavy (non-hydrogen) atoms. The third-order valence-corrected chi connectivity index (χ3v) is 5.42. The summed E-state index contributed by atoms with van der Waals surface area (Å²) in [7, 11) is 2.24. The minimum Gasteiger partial charge on any atom is -0.381 e. The highest BCUT2D eigenvalue weighted by atomic mass is 32.1. The summed E-state index contributed by atoms with van der Waals surface area (Å²) < 4.78 is 5.73. The molecule has 1 aliphatic rings. The van der Waals surface area contributed by atoms with E-state index < -0.39 is 0 Å². The van der Waals surface area contributed by atoms with Crippen LogP contribution in [0, 0.1) is 5.41 Å². The van der Waals surface area contributed by atoms with E-state index in [0.717, 1.165) is 32.7 Å². The Morgan fingerprint density at radius 2 is 2.24 bits per heavy atom. The van der Waals surface area contributed by atoms with E-state index in [1.165, 1.54) is 4.88 Å². The molecule has 2 unspecified atom stereocenters. The number of nitrogens with zero attached hydrogens (tertiary/aromatic N) is 1. The second-order valence-electron chi connectivity index (χ2n) is 7.51. The van der Waals surface area contributed by atoms with E-state index >= 15 is 0 Å². The smallest absolute Gasteiger partial charge is 0.0547 e. The van der Waals surface area contributed by atoms with Crippen molar-refractivity contribution in [2.75, 3.05) is 33.4 Å². The van der Waals surface area contributed by atoms with Gasteiger partial charge in [-0.25, -0.2) is 0 Å². The van der Waals surface area contributed by atoms with Gasteiger partial charge in [-0.3, -0.25) is 4.90 Å². The molecule has 1 aromatic rings. The molecule has 0 saturated carbocycles. The topological polar surface area (TPSA) is 24.5 Å². The molecule has 0 aliphatic carbocycles. The highest BCUT2D eigenvalue weighted by Crippen LogP contribution is 2.33. The van der Waals surface area contributed by atoms with Crippen LogP contribution in [0.4, 0.5) is 0 Å². The van der Waals surface area contributed by atoms with Crippen molar-refractivity contribution in [3.8, 4) is 0 Å². The summed E-state index contributed by atoms with van der Waals surface area (Å²) in [6, 6.07) is 4.84. The van der Waals surface area contributed by atoms with Crippen LogP contribution in [-0.4, -0.2) is 43.8 Å². The number of thiophene rings is 1. The van der Waals surface area contributed by atoms with Crippen molar-refractivity contribution in [1.29, 1.82) is 0 Å². The molecule has 1 aliphatic heterocycles. The molecule has 0 aromatic carbocycles. The van der Waals surface area contributed by atoms with Crippen LogP contribution in [0.5, 0.6) is 0 Å². The van der Waals surface area contributed by atoms with E-state index in [-0.39, 0.29) is 11.0 Å². The van der Waals surface area contributed by atoms with Gasteiger partial charge in [0.15, 0.2) is 0 Å².